The molecule has 3 rings (SSSR count). The molecule has 1 saturated heterocycles. The largest absolute Gasteiger partial charge is 0.378 e. The molecule has 2 aromatic carbocycles. The van der Waals surface area contributed by atoms with E-state index in [1.165, 1.54) is 22.4 Å². The van der Waals surface area contributed by atoms with Crippen molar-refractivity contribution in [3.05, 3.63) is 77.5 Å². The molecule has 0 bridgehead atoms. The normalized spacial score (nSPS) is 14.3. The fraction of sp³-hybridized carbons (Fsp3) is 0.348. The molecular formula is C23H27NO. The van der Waals surface area contributed by atoms with Crippen LogP contribution in [0.2, 0.25) is 0 Å². The first-order chi connectivity index (χ1) is 12.2. The molecule has 0 N–H and O–H groups in total. The lowest BCUT2D eigenvalue weighted by Crippen LogP contribution is -2.34. The molecule has 1 heterocycles. The zero-order valence-corrected chi connectivity index (χ0v) is 15.2. The molecule has 0 amide bonds. The Hall–Kier alpha value is -2.28. The molecule has 2 aromatic rings. The number of rotatable bonds is 5. The summed E-state index contributed by atoms with van der Waals surface area (Å²) in [6.07, 6.45) is 1.02. The SMILES string of the molecule is CC(C)CC(=C=C(c1ccccc1)N1CCOCC1)c1ccccc1. The van der Waals surface area contributed by atoms with Gasteiger partial charge in [-0.15, -0.1) is 0 Å². The van der Waals surface area contributed by atoms with Crippen molar-refractivity contribution in [1.29, 1.82) is 0 Å². The molecule has 25 heavy (non-hydrogen) atoms. The van der Waals surface area contributed by atoms with Gasteiger partial charge in [0, 0.05) is 24.2 Å². The fourth-order valence-corrected chi connectivity index (χ4v) is 3.15. The maximum absolute atomic E-state index is 5.55. The third-order valence-electron chi connectivity index (χ3n) is 4.38. The lowest BCUT2D eigenvalue weighted by atomic mass is 9.96. The zero-order valence-electron chi connectivity index (χ0n) is 15.2. The first-order valence-electron chi connectivity index (χ1n) is 9.17. The number of hydrogen-bond acceptors (Lipinski definition) is 2. The first kappa shape index (κ1) is 17.5. The predicted molar refractivity (Wildman–Crippen MR) is 105 cm³/mol. The summed E-state index contributed by atoms with van der Waals surface area (Å²) in [6.45, 7) is 7.93. The topological polar surface area (TPSA) is 12.5 Å². The third kappa shape index (κ3) is 4.85. The van der Waals surface area contributed by atoms with Gasteiger partial charge in [0.25, 0.3) is 0 Å². The van der Waals surface area contributed by atoms with E-state index in [-0.39, 0.29) is 0 Å². The number of morpholine rings is 1. The Balaban J connectivity index is 2.13. The second-order valence-electron chi connectivity index (χ2n) is 6.88. The number of nitrogens with zero attached hydrogens (tertiary/aromatic N) is 1. The van der Waals surface area contributed by atoms with Gasteiger partial charge in [0.15, 0.2) is 0 Å². The van der Waals surface area contributed by atoms with Gasteiger partial charge in [-0.05, 0) is 17.9 Å². The van der Waals surface area contributed by atoms with Crippen LogP contribution >= 0.6 is 0 Å². The van der Waals surface area contributed by atoms with Gasteiger partial charge < -0.3 is 9.64 Å². The Morgan fingerprint density at radius 1 is 0.920 bits per heavy atom. The van der Waals surface area contributed by atoms with Gasteiger partial charge in [0.05, 0.1) is 18.9 Å². The van der Waals surface area contributed by atoms with E-state index in [2.05, 4.69) is 85.1 Å². The van der Waals surface area contributed by atoms with Crippen molar-refractivity contribution in [2.75, 3.05) is 26.3 Å². The van der Waals surface area contributed by atoms with Crippen molar-refractivity contribution in [2.24, 2.45) is 5.92 Å². The van der Waals surface area contributed by atoms with Crippen LogP contribution in [0.3, 0.4) is 0 Å². The minimum Gasteiger partial charge on any atom is -0.378 e. The fourth-order valence-electron chi connectivity index (χ4n) is 3.15. The Morgan fingerprint density at radius 3 is 2.04 bits per heavy atom. The van der Waals surface area contributed by atoms with Crippen molar-refractivity contribution in [2.45, 2.75) is 20.3 Å². The number of allylic oxidation sites excluding steroid dienone is 1. The molecular weight excluding hydrogens is 306 g/mol. The second kappa shape index (κ2) is 8.71. The van der Waals surface area contributed by atoms with E-state index in [9.17, 15) is 0 Å². The van der Waals surface area contributed by atoms with Crippen molar-refractivity contribution in [3.63, 3.8) is 0 Å². The summed E-state index contributed by atoms with van der Waals surface area (Å²) in [4.78, 5) is 2.40. The Kier molecular flexibility index (Phi) is 6.11. The van der Waals surface area contributed by atoms with Crippen LogP contribution in [-0.2, 0) is 4.74 Å². The molecule has 0 saturated carbocycles. The summed E-state index contributed by atoms with van der Waals surface area (Å²) in [5, 5.41) is 0. The van der Waals surface area contributed by atoms with E-state index in [1.807, 2.05) is 0 Å². The molecule has 130 valence electrons. The van der Waals surface area contributed by atoms with Crippen molar-refractivity contribution in [1.82, 2.24) is 4.90 Å². The maximum atomic E-state index is 5.55. The Morgan fingerprint density at radius 2 is 1.48 bits per heavy atom. The average Bonchev–Trinajstić information content (AvgIpc) is 2.67. The molecule has 0 aromatic heterocycles. The number of benzene rings is 2. The van der Waals surface area contributed by atoms with Gasteiger partial charge in [0.2, 0.25) is 0 Å². The highest BCUT2D eigenvalue weighted by Gasteiger charge is 2.16. The summed E-state index contributed by atoms with van der Waals surface area (Å²) in [6, 6.07) is 21.3. The van der Waals surface area contributed by atoms with Crippen molar-refractivity contribution < 1.29 is 4.74 Å². The molecule has 2 heteroatoms. The van der Waals surface area contributed by atoms with Crippen LogP contribution in [0.25, 0.3) is 11.3 Å². The molecule has 0 spiro atoms. The molecule has 2 nitrogen and oxygen atoms in total. The van der Waals surface area contributed by atoms with E-state index in [0.29, 0.717) is 5.92 Å². The van der Waals surface area contributed by atoms with Crippen LogP contribution < -0.4 is 0 Å². The van der Waals surface area contributed by atoms with Gasteiger partial charge in [-0.1, -0.05) is 80.2 Å². The van der Waals surface area contributed by atoms with Gasteiger partial charge in [0.1, 0.15) is 0 Å². The van der Waals surface area contributed by atoms with Crippen LogP contribution in [-0.4, -0.2) is 31.2 Å². The summed E-state index contributed by atoms with van der Waals surface area (Å²) in [7, 11) is 0. The van der Waals surface area contributed by atoms with Gasteiger partial charge in [-0.3, -0.25) is 0 Å². The maximum Gasteiger partial charge on any atom is 0.0877 e. The quantitative estimate of drug-likeness (QED) is 0.707. The summed E-state index contributed by atoms with van der Waals surface area (Å²) in [5.41, 5.74) is 8.74. The second-order valence-corrected chi connectivity index (χ2v) is 6.88. The molecule has 0 atom stereocenters. The number of hydrogen-bond donors (Lipinski definition) is 0. The van der Waals surface area contributed by atoms with Crippen LogP contribution in [0.5, 0.6) is 0 Å². The molecule has 1 aliphatic heterocycles. The first-order valence-corrected chi connectivity index (χ1v) is 9.17. The van der Waals surface area contributed by atoms with Crippen LogP contribution in [0.4, 0.5) is 0 Å². The predicted octanol–water partition coefficient (Wildman–Crippen LogP) is 5.09. The summed E-state index contributed by atoms with van der Waals surface area (Å²) >= 11 is 0. The van der Waals surface area contributed by atoms with E-state index in [0.717, 1.165) is 32.7 Å². The molecule has 1 aliphatic rings. The highest BCUT2D eigenvalue weighted by Crippen LogP contribution is 2.26. The lowest BCUT2D eigenvalue weighted by molar-refractivity contribution is 0.0640. The average molecular weight is 333 g/mol. The standard InChI is InChI=1S/C23H27NO/c1-19(2)17-22(20-9-5-3-6-10-20)18-23(21-11-7-4-8-12-21)24-13-15-25-16-14-24/h3-12,19H,13-17H2,1-2H3. The van der Waals surface area contributed by atoms with Gasteiger partial charge in [-0.2, -0.15) is 0 Å². The smallest absolute Gasteiger partial charge is 0.0877 e. The van der Waals surface area contributed by atoms with Gasteiger partial charge in [-0.25, -0.2) is 0 Å². The molecule has 0 radical (unpaired) electrons. The summed E-state index contributed by atoms with van der Waals surface area (Å²) < 4.78 is 5.55. The van der Waals surface area contributed by atoms with E-state index >= 15 is 0 Å². The van der Waals surface area contributed by atoms with Gasteiger partial charge >= 0.3 is 0 Å². The van der Waals surface area contributed by atoms with Crippen LogP contribution in [0, 0.1) is 5.92 Å². The minimum absolute atomic E-state index is 0.587. The monoisotopic (exact) mass is 333 g/mol. The number of ether oxygens (including phenoxy) is 1. The Labute approximate surface area is 151 Å². The zero-order chi connectivity index (χ0) is 17.5. The molecule has 1 fully saturated rings. The van der Waals surface area contributed by atoms with Crippen molar-refractivity contribution >= 4 is 11.3 Å². The highest BCUT2D eigenvalue weighted by atomic mass is 16.5. The third-order valence-corrected chi connectivity index (χ3v) is 4.38. The van der Waals surface area contributed by atoms with E-state index in [4.69, 9.17) is 4.74 Å². The van der Waals surface area contributed by atoms with Crippen molar-refractivity contribution in [3.8, 4) is 0 Å². The molecule has 0 aliphatic carbocycles. The van der Waals surface area contributed by atoms with E-state index < -0.39 is 0 Å². The summed E-state index contributed by atoms with van der Waals surface area (Å²) in [5.74, 6) is 0.587. The minimum atomic E-state index is 0.587. The molecule has 0 unspecified atom stereocenters. The van der Waals surface area contributed by atoms with Crippen LogP contribution in [0.1, 0.15) is 31.4 Å². The Bertz CT molecular complexity index is 721. The van der Waals surface area contributed by atoms with E-state index in [1.54, 1.807) is 0 Å². The lowest BCUT2D eigenvalue weighted by Gasteiger charge is -2.30. The highest BCUT2D eigenvalue weighted by molar-refractivity contribution is 5.74. The van der Waals surface area contributed by atoms with Crippen LogP contribution in [0.15, 0.2) is 66.4 Å².